The van der Waals surface area contributed by atoms with Crippen LogP contribution in [0.25, 0.3) is 0 Å². The van der Waals surface area contributed by atoms with E-state index in [1.807, 2.05) is 0 Å². The van der Waals surface area contributed by atoms with E-state index >= 15 is 0 Å². The summed E-state index contributed by atoms with van der Waals surface area (Å²) in [5.74, 6) is -3.93. The highest BCUT2D eigenvalue weighted by Crippen LogP contribution is 2.52. The van der Waals surface area contributed by atoms with Gasteiger partial charge in [0.25, 0.3) is 0 Å². The lowest BCUT2D eigenvalue weighted by molar-refractivity contribution is -0.249. The largest absolute Gasteiger partial charge is 0.507 e. The summed E-state index contributed by atoms with van der Waals surface area (Å²) in [4.78, 5) is 52.3. The van der Waals surface area contributed by atoms with Crippen LogP contribution in [0.2, 0.25) is 0 Å². The number of fused-ring (bicyclic) bond motifs is 3. The molecule has 3 aliphatic rings. The summed E-state index contributed by atoms with van der Waals surface area (Å²) >= 11 is -2.18. The first kappa shape index (κ1) is 33.4. The molecule has 0 radical (unpaired) electrons. The molecule has 0 bridgehead atoms. The topological polar surface area (TPSA) is 235 Å². The third kappa shape index (κ3) is 5.87. The van der Waals surface area contributed by atoms with Gasteiger partial charge in [-0.15, -0.1) is 0 Å². The zero-order chi connectivity index (χ0) is 33.7. The zero-order valence-corrected chi connectivity index (χ0v) is 25.8. The summed E-state index contributed by atoms with van der Waals surface area (Å²) in [7, 11) is 1.31. The molecule has 1 amide bonds. The van der Waals surface area contributed by atoms with Gasteiger partial charge >= 0.3 is 6.09 Å². The van der Waals surface area contributed by atoms with E-state index in [1.165, 1.54) is 32.2 Å². The Balaban J connectivity index is 1.52. The maximum absolute atomic E-state index is 13.8. The highest BCUT2D eigenvalue weighted by molar-refractivity contribution is 7.79. The molecule has 0 aromatic heterocycles. The Bertz CT molecular complexity index is 1640. The number of aromatic hydroxyl groups is 2. The molecule has 6 N–H and O–H groups in total. The third-order valence-electron chi connectivity index (χ3n) is 8.55. The number of methoxy groups -OCH3 is 1. The Hall–Kier alpha value is -3.93. The molecule has 2 aromatic carbocycles. The van der Waals surface area contributed by atoms with Crippen molar-refractivity contribution in [3.8, 4) is 17.2 Å². The summed E-state index contributed by atoms with van der Waals surface area (Å²) < 4.78 is 41.8. The minimum absolute atomic E-state index is 0.0678. The maximum Gasteiger partial charge on any atom is 0.407 e. The first-order valence-corrected chi connectivity index (χ1v) is 15.6. The van der Waals surface area contributed by atoms with Crippen LogP contribution in [0, 0.1) is 0 Å². The Labute approximate surface area is 264 Å². The minimum Gasteiger partial charge on any atom is -0.507 e. The van der Waals surface area contributed by atoms with Crippen molar-refractivity contribution in [1.82, 2.24) is 5.32 Å². The van der Waals surface area contributed by atoms with Crippen molar-refractivity contribution in [3.05, 3.63) is 51.6 Å². The van der Waals surface area contributed by atoms with Gasteiger partial charge in [0.1, 0.15) is 35.6 Å². The van der Waals surface area contributed by atoms with Gasteiger partial charge in [-0.2, -0.15) is 0 Å². The number of Topliss-reactive ketones (excluding diaryl/α,β-unsaturated/α-hetero) is 1. The number of phenols is 2. The smallest absolute Gasteiger partial charge is 0.407 e. The van der Waals surface area contributed by atoms with Crippen LogP contribution in [-0.4, -0.2) is 102 Å². The first-order valence-electron chi connectivity index (χ1n) is 14.3. The van der Waals surface area contributed by atoms with E-state index in [2.05, 4.69) is 5.32 Å². The van der Waals surface area contributed by atoms with Crippen molar-refractivity contribution in [1.29, 1.82) is 0 Å². The van der Waals surface area contributed by atoms with Gasteiger partial charge in [0.15, 0.2) is 28.9 Å². The van der Waals surface area contributed by atoms with Crippen LogP contribution < -0.4 is 10.1 Å². The molecular formula is C30H33NO14S. The van der Waals surface area contributed by atoms with Crippen LogP contribution in [-0.2, 0) is 36.5 Å². The van der Waals surface area contributed by atoms with E-state index in [-0.39, 0.29) is 46.8 Å². The molecule has 5 unspecified atom stereocenters. The Kier molecular flexibility index (Phi) is 9.23. The van der Waals surface area contributed by atoms with E-state index in [9.17, 15) is 43.8 Å². The number of benzene rings is 2. The van der Waals surface area contributed by atoms with Crippen LogP contribution in [0.1, 0.15) is 75.8 Å². The van der Waals surface area contributed by atoms with Gasteiger partial charge in [-0.1, -0.05) is 12.1 Å². The van der Waals surface area contributed by atoms with Crippen molar-refractivity contribution < 1.29 is 67.3 Å². The van der Waals surface area contributed by atoms with E-state index in [1.54, 1.807) is 0 Å². The Morgan fingerprint density at radius 2 is 1.83 bits per heavy atom. The summed E-state index contributed by atoms with van der Waals surface area (Å²) in [5, 5.41) is 47.5. The number of ether oxygens (including phenoxy) is 4. The summed E-state index contributed by atoms with van der Waals surface area (Å²) in [6, 6.07) is 3.32. The first-order chi connectivity index (χ1) is 21.7. The van der Waals surface area contributed by atoms with Gasteiger partial charge in [-0.05, 0) is 19.9 Å². The molecule has 7 atom stereocenters. The van der Waals surface area contributed by atoms with Crippen LogP contribution >= 0.6 is 0 Å². The second-order valence-electron chi connectivity index (χ2n) is 11.4. The molecule has 1 fully saturated rings. The number of phenolic OH excluding ortho intramolecular Hbond substituents is 2. The molecule has 248 valence electrons. The average molecular weight is 664 g/mol. The molecule has 16 heteroatoms. The molecule has 15 nitrogen and oxygen atoms in total. The predicted molar refractivity (Wildman–Crippen MR) is 156 cm³/mol. The van der Waals surface area contributed by atoms with Gasteiger partial charge in [-0.3, -0.25) is 14.4 Å². The van der Waals surface area contributed by atoms with Crippen molar-refractivity contribution >= 4 is 34.5 Å². The lowest BCUT2D eigenvalue weighted by Gasteiger charge is -2.42. The molecule has 5 rings (SSSR count). The maximum atomic E-state index is 13.8. The number of rotatable bonds is 8. The lowest BCUT2D eigenvalue weighted by atomic mass is 9.72. The quantitative estimate of drug-likeness (QED) is 0.146. The molecular weight excluding hydrogens is 630 g/mol. The number of nitrogens with one attached hydrogen (secondary N) is 1. The van der Waals surface area contributed by atoms with Crippen molar-refractivity contribution in [2.75, 3.05) is 19.5 Å². The second-order valence-corrected chi connectivity index (χ2v) is 12.4. The SMILES string of the molecule is COc1cccc2c1C(=O)c1c(O)c3c(c(O)c1C2=O)C[C@@](O)(C(C)=O)C[C@@H]3OC1CC(NC(=O)OCCS(=O)O)C(O)C(C)O1. The third-order valence-corrected chi connectivity index (χ3v) is 9.06. The van der Waals surface area contributed by atoms with Crippen molar-refractivity contribution in [3.63, 3.8) is 0 Å². The summed E-state index contributed by atoms with van der Waals surface area (Å²) in [6.07, 6.45) is -6.94. The number of carbonyl (C=O) groups is 4. The number of amides is 1. The molecule has 0 spiro atoms. The number of aliphatic hydroxyl groups is 2. The van der Waals surface area contributed by atoms with Crippen LogP contribution in [0.4, 0.5) is 4.79 Å². The van der Waals surface area contributed by atoms with Crippen LogP contribution in [0.3, 0.4) is 0 Å². The number of hydrogen-bond donors (Lipinski definition) is 6. The zero-order valence-electron chi connectivity index (χ0n) is 25.0. The van der Waals surface area contributed by atoms with E-state index < -0.39 is 106 Å². The van der Waals surface area contributed by atoms with E-state index in [4.69, 9.17) is 23.5 Å². The lowest BCUT2D eigenvalue weighted by Crippen LogP contribution is -2.55. The monoisotopic (exact) mass is 663 g/mol. The van der Waals surface area contributed by atoms with Crippen molar-refractivity contribution in [2.24, 2.45) is 0 Å². The molecule has 1 aliphatic heterocycles. The fourth-order valence-corrected chi connectivity index (χ4v) is 6.39. The van der Waals surface area contributed by atoms with Crippen molar-refractivity contribution in [2.45, 2.75) is 69.4 Å². The number of ketones is 3. The fourth-order valence-electron chi connectivity index (χ4n) is 6.17. The standard InChI is InChI=1S/C30H33NO14S/c1-12-24(33)16(31-29(38)43-7-8-46(40)41)9-19(44-12)45-18-11-30(39,13(2)32)10-15-21(18)28(37)23-22(26(15)35)25(34)14-5-4-6-17(42-3)20(14)27(23)36/h4-6,12,16,18-19,24,33,35,37,39H,7-11H2,1-3H3,(H,31,38)(H,40,41)/t12?,16?,18-,19?,24?,30-/m0/s1. The van der Waals surface area contributed by atoms with Crippen LogP contribution in [0.15, 0.2) is 18.2 Å². The number of aliphatic hydroxyl groups excluding tert-OH is 1. The molecule has 46 heavy (non-hydrogen) atoms. The van der Waals surface area contributed by atoms with Gasteiger partial charge in [0.05, 0.1) is 47.8 Å². The van der Waals surface area contributed by atoms with Gasteiger partial charge < -0.3 is 49.2 Å². The number of hydrogen-bond acceptors (Lipinski definition) is 13. The predicted octanol–water partition coefficient (Wildman–Crippen LogP) is 1.02. The van der Waals surface area contributed by atoms with Gasteiger partial charge in [0, 0.05) is 36.0 Å². The number of alkyl carbamates (subject to hydrolysis) is 1. The minimum atomic E-state index is -2.18. The molecule has 2 aromatic rings. The Morgan fingerprint density at radius 1 is 1.13 bits per heavy atom. The van der Waals surface area contributed by atoms with E-state index in [0.717, 1.165) is 6.92 Å². The highest BCUT2D eigenvalue weighted by Gasteiger charge is 2.49. The summed E-state index contributed by atoms with van der Waals surface area (Å²) in [5.41, 5.74) is -3.62. The highest BCUT2D eigenvalue weighted by atomic mass is 32.2. The van der Waals surface area contributed by atoms with Crippen LogP contribution in [0.5, 0.6) is 17.2 Å². The fraction of sp³-hybridized carbons (Fsp3) is 0.467. The second kappa shape index (κ2) is 12.7. The molecule has 2 aliphatic carbocycles. The molecule has 1 heterocycles. The molecule has 0 saturated carbocycles. The number of carbonyl (C=O) groups excluding carboxylic acids is 4. The molecule has 1 saturated heterocycles. The van der Waals surface area contributed by atoms with Gasteiger partial charge in [0.2, 0.25) is 5.78 Å². The summed E-state index contributed by atoms with van der Waals surface area (Å²) in [6.45, 7) is 2.25. The van der Waals surface area contributed by atoms with E-state index in [0.29, 0.717) is 0 Å². The Morgan fingerprint density at radius 3 is 2.48 bits per heavy atom. The normalized spacial score (nSPS) is 27.6. The van der Waals surface area contributed by atoms with Gasteiger partial charge in [-0.25, -0.2) is 9.00 Å². The average Bonchev–Trinajstić information content (AvgIpc) is 2.99.